The first kappa shape index (κ1) is 37.1. The number of alkyl halides is 6. The molecule has 0 bridgehead atoms. The van der Waals surface area contributed by atoms with Crippen molar-refractivity contribution in [2.24, 2.45) is 11.3 Å². The van der Waals surface area contributed by atoms with Crippen LogP contribution in [0.3, 0.4) is 0 Å². The normalized spacial score (nSPS) is 20.8. The summed E-state index contributed by atoms with van der Waals surface area (Å²) in [6.07, 6.45) is -10.3. The lowest BCUT2D eigenvalue weighted by atomic mass is 9.72. The zero-order valence-electron chi connectivity index (χ0n) is 28.0. The monoisotopic (exact) mass is 683 g/mol. The van der Waals surface area contributed by atoms with Crippen molar-refractivity contribution in [2.45, 2.75) is 91.0 Å². The summed E-state index contributed by atoms with van der Waals surface area (Å²) < 4.78 is 92.7. The number of hydrogen-bond donors (Lipinski definition) is 0. The maximum atomic E-state index is 13.6. The number of allylic oxidation sites excluding steroid dienone is 1. The van der Waals surface area contributed by atoms with E-state index in [-0.39, 0.29) is 23.9 Å². The Hall–Kier alpha value is -3.74. The molecule has 0 saturated carbocycles. The molecule has 1 aliphatic carbocycles. The standard InChI is InChI=1S/C35H42F6N2O5/c1-19(2)29(31(44)45)42(6)17-21-8-9-28(47-7)27(12-21)26-10-11-33(4,5)16-23(26)18-43-20(3)30(48-32(43)46)22-13-24(34(36,37)38)15-25(14-22)35(39,40)41/h8-9,12-15,19-20,29-30H,10-11,16-18H2,1-7H3,(H,44,45)/p-1/t20-,29?,30-/m0/s1. The van der Waals surface area contributed by atoms with Crippen LogP contribution in [0, 0.1) is 11.3 Å². The van der Waals surface area contributed by atoms with Gasteiger partial charge in [0.2, 0.25) is 0 Å². The molecule has 2 aliphatic rings. The van der Waals surface area contributed by atoms with Gasteiger partial charge in [-0.05, 0) is 97.2 Å². The van der Waals surface area contributed by atoms with Gasteiger partial charge in [0.25, 0.3) is 0 Å². The highest BCUT2D eigenvalue weighted by molar-refractivity contribution is 5.77. The zero-order valence-corrected chi connectivity index (χ0v) is 28.0. The molecular weight excluding hydrogens is 642 g/mol. The van der Waals surface area contributed by atoms with Gasteiger partial charge in [0.05, 0.1) is 36.3 Å². The molecule has 3 atom stereocenters. The van der Waals surface area contributed by atoms with Gasteiger partial charge < -0.3 is 19.4 Å². The summed E-state index contributed by atoms with van der Waals surface area (Å²) in [4.78, 5) is 28.1. The molecule has 1 fully saturated rings. The summed E-state index contributed by atoms with van der Waals surface area (Å²) in [6.45, 7) is 9.63. The highest BCUT2D eigenvalue weighted by Crippen LogP contribution is 2.47. The Morgan fingerprint density at radius 2 is 1.69 bits per heavy atom. The minimum absolute atomic E-state index is 0.0355. The van der Waals surface area contributed by atoms with Gasteiger partial charge in [-0.3, -0.25) is 9.80 Å². The third kappa shape index (κ3) is 8.10. The van der Waals surface area contributed by atoms with E-state index in [1.54, 1.807) is 31.9 Å². The number of cyclic esters (lactones) is 1. The van der Waals surface area contributed by atoms with E-state index in [9.17, 15) is 41.0 Å². The molecule has 4 rings (SSSR count). The second-order valence-electron chi connectivity index (χ2n) is 13.9. The third-order valence-corrected chi connectivity index (χ3v) is 9.23. The Kier molecular flexibility index (Phi) is 10.5. The SMILES string of the molecule is COc1ccc(CN(C)C(C(=O)[O-])C(C)C)cc1C1=C(CN2C(=O)O[C@H](c3cc(C(F)(F)F)cc(C(F)(F)F)c3)[C@@H]2C)CC(C)(C)CC1. The molecule has 1 aliphatic heterocycles. The van der Waals surface area contributed by atoms with E-state index < -0.39 is 59.3 Å². The highest BCUT2D eigenvalue weighted by atomic mass is 19.4. The van der Waals surface area contributed by atoms with Gasteiger partial charge in [0.15, 0.2) is 0 Å². The van der Waals surface area contributed by atoms with Crippen molar-refractivity contribution in [1.29, 1.82) is 0 Å². The van der Waals surface area contributed by atoms with Crippen molar-refractivity contribution >= 4 is 17.6 Å². The third-order valence-electron chi connectivity index (χ3n) is 9.23. The summed E-state index contributed by atoms with van der Waals surface area (Å²) in [7, 11) is 3.23. The van der Waals surface area contributed by atoms with E-state index in [4.69, 9.17) is 9.47 Å². The van der Waals surface area contributed by atoms with Crippen LogP contribution in [-0.2, 0) is 28.4 Å². The van der Waals surface area contributed by atoms with Gasteiger partial charge in [-0.1, -0.05) is 33.8 Å². The molecule has 7 nitrogen and oxygen atoms in total. The zero-order chi connectivity index (χ0) is 35.9. The summed E-state index contributed by atoms with van der Waals surface area (Å²) in [5.74, 6) is -0.812. The predicted octanol–water partition coefficient (Wildman–Crippen LogP) is 7.48. The molecular formula is C35H41F6N2O5-. The summed E-state index contributed by atoms with van der Waals surface area (Å²) >= 11 is 0. The average molecular weight is 684 g/mol. The van der Waals surface area contributed by atoms with Crippen LogP contribution in [0.5, 0.6) is 5.75 Å². The molecule has 0 N–H and O–H groups in total. The molecule has 0 spiro atoms. The number of halogens is 6. The Morgan fingerprint density at radius 3 is 2.21 bits per heavy atom. The molecule has 48 heavy (non-hydrogen) atoms. The van der Waals surface area contributed by atoms with E-state index in [2.05, 4.69) is 13.8 Å². The maximum absolute atomic E-state index is 13.6. The minimum Gasteiger partial charge on any atom is -0.548 e. The number of ether oxygens (including phenoxy) is 2. The number of carbonyl (C=O) groups is 2. The van der Waals surface area contributed by atoms with Crippen LogP contribution in [-0.4, -0.2) is 54.6 Å². The molecule has 1 heterocycles. The molecule has 2 aromatic rings. The Bertz CT molecular complexity index is 1530. The molecule has 1 unspecified atom stereocenters. The first-order chi connectivity index (χ1) is 22.1. The number of aliphatic carboxylic acids is 1. The fraction of sp³-hybridized carbons (Fsp3) is 0.543. The lowest BCUT2D eigenvalue weighted by Crippen LogP contribution is -2.49. The van der Waals surface area contributed by atoms with Crippen LogP contribution in [0.15, 0.2) is 42.0 Å². The number of benzene rings is 2. The summed E-state index contributed by atoms with van der Waals surface area (Å²) in [6, 6.07) is 5.09. The molecule has 13 heteroatoms. The van der Waals surface area contributed by atoms with Crippen molar-refractivity contribution in [3.63, 3.8) is 0 Å². The highest BCUT2D eigenvalue weighted by Gasteiger charge is 2.44. The van der Waals surface area contributed by atoms with E-state index in [1.807, 2.05) is 12.1 Å². The number of amides is 1. The largest absolute Gasteiger partial charge is 0.548 e. The fourth-order valence-corrected chi connectivity index (χ4v) is 6.83. The van der Waals surface area contributed by atoms with E-state index in [0.717, 1.165) is 28.7 Å². The number of hydrogen-bond acceptors (Lipinski definition) is 6. The molecule has 0 radical (unpaired) electrons. The number of carbonyl (C=O) groups excluding carboxylic acids is 2. The number of likely N-dealkylation sites (N-methyl/N-ethyl adjacent to an activating group) is 1. The Morgan fingerprint density at radius 1 is 1.08 bits per heavy atom. The first-order valence-electron chi connectivity index (χ1n) is 15.7. The topological polar surface area (TPSA) is 82.1 Å². The molecule has 0 aromatic heterocycles. The maximum Gasteiger partial charge on any atom is 0.416 e. The van der Waals surface area contributed by atoms with Gasteiger partial charge in [-0.25, -0.2) is 4.79 Å². The second-order valence-corrected chi connectivity index (χ2v) is 13.9. The van der Waals surface area contributed by atoms with Crippen molar-refractivity contribution in [3.8, 4) is 5.75 Å². The molecule has 264 valence electrons. The fourth-order valence-electron chi connectivity index (χ4n) is 6.83. The smallest absolute Gasteiger partial charge is 0.416 e. The number of nitrogens with zero attached hydrogens (tertiary/aromatic N) is 2. The number of carboxylic acids is 1. The van der Waals surface area contributed by atoms with Crippen LogP contribution in [0.2, 0.25) is 0 Å². The van der Waals surface area contributed by atoms with Gasteiger partial charge in [0.1, 0.15) is 11.9 Å². The predicted molar refractivity (Wildman–Crippen MR) is 164 cm³/mol. The van der Waals surface area contributed by atoms with E-state index in [0.29, 0.717) is 37.3 Å². The second kappa shape index (κ2) is 13.6. The molecule has 1 amide bonds. The number of rotatable bonds is 10. The van der Waals surface area contributed by atoms with Crippen molar-refractivity contribution in [2.75, 3.05) is 20.7 Å². The van der Waals surface area contributed by atoms with Crippen LogP contribution >= 0.6 is 0 Å². The van der Waals surface area contributed by atoms with Crippen LogP contribution in [0.1, 0.15) is 87.8 Å². The minimum atomic E-state index is -5.04. The van der Waals surface area contributed by atoms with Crippen LogP contribution in [0.4, 0.5) is 31.1 Å². The lowest BCUT2D eigenvalue weighted by molar-refractivity contribution is -0.313. The van der Waals surface area contributed by atoms with Gasteiger partial charge >= 0.3 is 18.4 Å². The van der Waals surface area contributed by atoms with Crippen molar-refractivity contribution in [3.05, 3.63) is 69.8 Å². The van der Waals surface area contributed by atoms with Crippen LogP contribution < -0.4 is 9.84 Å². The quantitative estimate of drug-likeness (QED) is 0.242. The van der Waals surface area contributed by atoms with Crippen molar-refractivity contribution < 1.29 is 50.5 Å². The number of methoxy groups -OCH3 is 1. The van der Waals surface area contributed by atoms with Gasteiger partial charge in [0, 0.05) is 18.7 Å². The van der Waals surface area contributed by atoms with Crippen LogP contribution in [0.25, 0.3) is 5.57 Å². The van der Waals surface area contributed by atoms with Gasteiger partial charge in [-0.15, -0.1) is 0 Å². The van der Waals surface area contributed by atoms with E-state index >= 15 is 0 Å². The Labute approximate surface area is 276 Å². The average Bonchev–Trinajstić information content (AvgIpc) is 3.23. The van der Waals surface area contributed by atoms with E-state index in [1.165, 1.54) is 18.9 Å². The van der Waals surface area contributed by atoms with Crippen molar-refractivity contribution in [1.82, 2.24) is 9.80 Å². The lowest BCUT2D eigenvalue weighted by Gasteiger charge is -2.36. The first-order valence-corrected chi connectivity index (χ1v) is 15.7. The number of carboxylic acid groups (broad SMARTS) is 1. The summed E-state index contributed by atoms with van der Waals surface area (Å²) in [5.41, 5.74) is -0.197. The molecule has 2 aromatic carbocycles. The molecule has 1 saturated heterocycles. The summed E-state index contributed by atoms with van der Waals surface area (Å²) in [5, 5.41) is 11.8. The van der Waals surface area contributed by atoms with Gasteiger partial charge in [-0.2, -0.15) is 26.3 Å². The Balaban J connectivity index is 1.72.